The van der Waals surface area contributed by atoms with Gasteiger partial charge in [-0.15, -0.1) is 0 Å². The first-order valence-electron chi connectivity index (χ1n) is 5.57. The molecule has 0 spiro atoms. The Hall–Kier alpha value is -0.830. The van der Waals surface area contributed by atoms with Crippen molar-refractivity contribution >= 4 is 11.6 Å². The minimum atomic E-state index is -0.230. The molecule has 0 atom stereocenters. The van der Waals surface area contributed by atoms with Gasteiger partial charge in [-0.3, -0.25) is 0 Å². The van der Waals surface area contributed by atoms with Crippen LogP contribution in [0.25, 0.3) is 0 Å². The molecule has 3 nitrogen and oxygen atoms in total. The highest BCUT2D eigenvalue weighted by Gasteiger charge is 2.18. The maximum absolute atomic E-state index is 5.94. The SMILES string of the molecule is CCC(C)(C)Oc1cc(Cl)nc(C(C)C)n1. The summed E-state index contributed by atoms with van der Waals surface area (Å²) in [6, 6.07) is 1.66. The highest BCUT2D eigenvalue weighted by Crippen LogP contribution is 2.23. The molecule has 0 bridgehead atoms. The Labute approximate surface area is 102 Å². The van der Waals surface area contributed by atoms with Gasteiger partial charge in [-0.1, -0.05) is 32.4 Å². The monoisotopic (exact) mass is 242 g/mol. The van der Waals surface area contributed by atoms with Crippen molar-refractivity contribution in [1.29, 1.82) is 0 Å². The van der Waals surface area contributed by atoms with E-state index in [1.807, 2.05) is 27.7 Å². The minimum Gasteiger partial charge on any atom is -0.472 e. The van der Waals surface area contributed by atoms with Crippen LogP contribution in [0.4, 0.5) is 0 Å². The van der Waals surface area contributed by atoms with Crippen LogP contribution in [0.5, 0.6) is 5.88 Å². The van der Waals surface area contributed by atoms with Gasteiger partial charge in [0.15, 0.2) is 0 Å². The molecular weight excluding hydrogens is 224 g/mol. The Morgan fingerprint density at radius 1 is 1.38 bits per heavy atom. The van der Waals surface area contributed by atoms with Crippen molar-refractivity contribution in [2.75, 3.05) is 0 Å². The first-order chi connectivity index (χ1) is 7.34. The van der Waals surface area contributed by atoms with Crippen LogP contribution in [0.2, 0.25) is 5.15 Å². The zero-order valence-electron chi connectivity index (χ0n) is 10.5. The standard InChI is InChI=1S/C12H19ClN2O/c1-6-12(4,5)16-10-7-9(13)14-11(15-10)8(2)3/h7-8H,6H2,1-5H3. The summed E-state index contributed by atoms with van der Waals surface area (Å²) in [5, 5.41) is 0.431. The number of hydrogen-bond donors (Lipinski definition) is 0. The predicted molar refractivity (Wildman–Crippen MR) is 66.1 cm³/mol. The van der Waals surface area contributed by atoms with E-state index in [4.69, 9.17) is 16.3 Å². The molecule has 1 rings (SSSR count). The molecule has 1 aromatic rings. The Morgan fingerprint density at radius 3 is 2.50 bits per heavy atom. The summed E-state index contributed by atoms with van der Waals surface area (Å²) in [5.74, 6) is 1.51. The highest BCUT2D eigenvalue weighted by atomic mass is 35.5. The summed E-state index contributed by atoms with van der Waals surface area (Å²) in [4.78, 5) is 8.51. The minimum absolute atomic E-state index is 0.230. The highest BCUT2D eigenvalue weighted by molar-refractivity contribution is 6.29. The number of hydrogen-bond acceptors (Lipinski definition) is 3. The maximum Gasteiger partial charge on any atom is 0.218 e. The molecule has 0 fully saturated rings. The largest absolute Gasteiger partial charge is 0.472 e. The van der Waals surface area contributed by atoms with Gasteiger partial charge in [-0.25, -0.2) is 4.98 Å². The average molecular weight is 243 g/mol. The quantitative estimate of drug-likeness (QED) is 0.753. The fourth-order valence-corrected chi connectivity index (χ4v) is 1.26. The van der Waals surface area contributed by atoms with Gasteiger partial charge in [0.25, 0.3) is 0 Å². The van der Waals surface area contributed by atoms with Crippen LogP contribution in [-0.4, -0.2) is 15.6 Å². The van der Waals surface area contributed by atoms with Gasteiger partial charge in [0, 0.05) is 12.0 Å². The van der Waals surface area contributed by atoms with E-state index in [0.717, 1.165) is 12.2 Å². The summed E-state index contributed by atoms with van der Waals surface area (Å²) in [6.45, 7) is 10.2. The molecule has 0 aliphatic rings. The van der Waals surface area contributed by atoms with Crippen LogP contribution in [0.1, 0.15) is 52.8 Å². The second-order valence-electron chi connectivity index (χ2n) is 4.76. The van der Waals surface area contributed by atoms with E-state index in [1.165, 1.54) is 0 Å². The third-order valence-electron chi connectivity index (χ3n) is 2.44. The fraction of sp³-hybridized carbons (Fsp3) is 0.667. The van der Waals surface area contributed by atoms with Crippen LogP contribution in [0.3, 0.4) is 0 Å². The number of nitrogens with zero attached hydrogens (tertiary/aromatic N) is 2. The molecule has 0 N–H and O–H groups in total. The topological polar surface area (TPSA) is 35.0 Å². The summed E-state index contributed by atoms with van der Waals surface area (Å²) in [6.07, 6.45) is 0.908. The van der Waals surface area contributed by atoms with Gasteiger partial charge in [-0.2, -0.15) is 4.98 Å². The molecule has 0 saturated carbocycles. The molecule has 4 heteroatoms. The second kappa shape index (κ2) is 5.00. The summed E-state index contributed by atoms with van der Waals surface area (Å²) < 4.78 is 5.79. The van der Waals surface area contributed by atoms with Crippen molar-refractivity contribution in [3.05, 3.63) is 17.0 Å². The van der Waals surface area contributed by atoms with Crippen LogP contribution in [0, 0.1) is 0 Å². The average Bonchev–Trinajstić information content (AvgIpc) is 2.16. The number of ether oxygens (including phenoxy) is 1. The second-order valence-corrected chi connectivity index (χ2v) is 5.14. The van der Waals surface area contributed by atoms with E-state index in [2.05, 4.69) is 16.9 Å². The Balaban J connectivity index is 2.97. The molecule has 0 radical (unpaired) electrons. The smallest absolute Gasteiger partial charge is 0.218 e. The van der Waals surface area contributed by atoms with E-state index >= 15 is 0 Å². The van der Waals surface area contributed by atoms with Crippen LogP contribution in [-0.2, 0) is 0 Å². The van der Waals surface area contributed by atoms with Crippen molar-refractivity contribution in [3.8, 4) is 5.88 Å². The first-order valence-corrected chi connectivity index (χ1v) is 5.95. The van der Waals surface area contributed by atoms with Crippen molar-refractivity contribution in [3.63, 3.8) is 0 Å². The van der Waals surface area contributed by atoms with Gasteiger partial charge < -0.3 is 4.74 Å². The molecule has 1 heterocycles. The van der Waals surface area contributed by atoms with Gasteiger partial charge in [0.05, 0.1) is 0 Å². The number of rotatable bonds is 4. The Bertz CT molecular complexity index is 364. The lowest BCUT2D eigenvalue weighted by molar-refractivity contribution is 0.0984. The lowest BCUT2D eigenvalue weighted by Crippen LogP contribution is -2.27. The first kappa shape index (κ1) is 13.2. The Kier molecular flexibility index (Phi) is 4.14. The van der Waals surface area contributed by atoms with Gasteiger partial charge >= 0.3 is 0 Å². The van der Waals surface area contributed by atoms with Crippen molar-refractivity contribution in [2.45, 2.75) is 52.6 Å². The zero-order chi connectivity index (χ0) is 12.3. The number of halogens is 1. The molecule has 0 aliphatic heterocycles. The molecule has 0 aliphatic carbocycles. The van der Waals surface area contributed by atoms with E-state index in [9.17, 15) is 0 Å². The lowest BCUT2D eigenvalue weighted by atomic mass is 10.1. The van der Waals surface area contributed by atoms with Crippen molar-refractivity contribution < 1.29 is 4.74 Å². The van der Waals surface area contributed by atoms with Crippen LogP contribution in [0.15, 0.2) is 6.07 Å². The predicted octanol–water partition coefficient (Wildman–Crippen LogP) is 3.82. The van der Waals surface area contributed by atoms with Crippen molar-refractivity contribution in [2.24, 2.45) is 0 Å². The zero-order valence-corrected chi connectivity index (χ0v) is 11.3. The van der Waals surface area contributed by atoms with E-state index < -0.39 is 0 Å². The molecular formula is C12H19ClN2O. The van der Waals surface area contributed by atoms with Crippen molar-refractivity contribution in [1.82, 2.24) is 9.97 Å². The third-order valence-corrected chi connectivity index (χ3v) is 2.63. The van der Waals surface area contributed by atoms with Crippen LogP contribution >= 0.6 is 11.6 Å². The van der Waals surface area contributed by atoms with Crippen LogP contribution < -0.4 is 4.74 Å². The van der Waals surface area contributed by atoms with Gasteiger partial charge in [-0.05, 0) is 20.3 Å². The molecule has 0 saturated heterocycles. The molecule has 1 aromatic heterocycles. The molecule has 0 aromatic carbocycles. The maximum atomic E-state index is 5.94. The van der Waals surface area contributed by atoms with E-state index in [1.54, 1.807) is 6.07 Å². The van der Waals surface area contributed by atoms with E-state index in [0.29, 0.717) is 11.0 Å². The van der Waals surface area contributed by atoms with Gasteiger partial charge in [0.2, 0.25) is 5.88 Å². The summed E-state index contributed by atoms with van der Waals surface area (Å²) >= 11 is 5.94. The normalized spacial score (nSPS) is 11.9. The number of aromatic nitrogens is 2. The summed E-state index contributed by atoms with van der Waals surface area (Å²) in [7, 11) is 0. The molecule has 16 heavy (non-hydrogen) atoms. The molecule has 0 unspecified atom stereocenters. The molecule has 90 valence electrons. The lowest BCUT2D eigenvalue weighted by Gasteiger charge is -2.24. The third kappa shape index (κ3) is 3.63. The molecule has 0 amide bonds. The Morgan fingerprint density at radius 2 is 2.00 bits per heavy atom. The van der Waals surface area contributed by atoms with Gasteiger partial charge in [0.1, 0.15) is 16.6 Å². The fourth-order valence-electron chi connectivity index (χ4n) is 1.08. The van der Waals surface area contributed by atoms with E-state index in [-0.39, 0.29) is 11.5 Å². The summed E-state index contributed by atoms with van der Waals surface area (Å²) in [5.41, 5.74) is -0.230.